The summed E-state index contributed by atoms with van der Waals surface area (Å²) in [5, 5.41) is 3.44. The highest BCUT2D eigenvalue weighted by molar-refractivity contribution is 9.10. The molecule has 1 aromatic carbocycles. The van der Waals surface area contributed by atoms with Crippen LogP contribution in [0.25, 0.3) is 0 Å². The lowest BCUT2D eigenvalue weighted by molar-refractivity contribution is 0.204. The van der Waals surface area contributed by atoms with E-state index in [0.29, 0.717) is 5.92 Å². The summed E-state index contributed by atoms with van der Waals surface area (Å²) < 4.78 is 6.40. The summed E-state index contributed by atoms with van der Waals surface area (Å²) in [6.07, 6.45) is 1.17. The molecule has 21 heavy (non-hydrogen) atoms. The molecular formula is C17H29BrN2O. The molecule has 0 aliphatic rings. The predicted molar refractivity (Wildman–Crippen MR) is 95.1 cm³/mol. The first-order valence-electron chi connectivity index (χ1n) is 7.81. The summed E-state index contributed by atoms with van der Waals surface area (Å²) in [6.45, 7) is 11.4. The van der Waals surface area contributed by atoms with Gasteiger partial charge in [-0.3, -0.25) is 0 Å². The van der Waals surface area contributed by atoms with E-state index in [1.165, 1.54) is 17.7 Å². The maximum atomic E-state index is 5.24. The van der Waals surface area contributed by atoms with Crippen molar-refractivity contribution in [2.45, 2.75) is 33.7 Å². The van der Waals surface area contributed by atoms with Gasteiger partial charge in [0.1, 0.15) is 0 Å². The molecule has 0 bridgehead atoms. The highest BCUT2D eigenvalue weighted by Gasteiger charge is 2.12. The monoisotopic (exact) mass is 356 g/mol. The lowest BCUT2D eigenvalue weighted by Gasteiger charge is -2.27. The second kappa shape index (κ2) is 10.2. The summed E-state index contributed by atoms with van der Waals surface area (Å²) in [7, 11) is 1.76. The van der Waals surface area contributed by atoms with Crippen LogP contribution in [-0.2, 0) is 11.3 Å². The molecule has 0 saturated carbocycles. The first kappa shape index (κ1) is 18.5. The minimum Gasteiger partial charge on any atom is -0.383 e. The number of methoxy groups -OCH3 is 1. The third-order valence-electron chi connectivity index (χ3n) is 3.26. The van der Waals surface area contributed by atoms with E-state index in [2.05, 4.69) is 65.1 Å². The molecule has 0 heterocycles. The average Bonchev–Trinajstić information content (AvgIpc) is 2.44. The maximum Gasteiger partial charge on any atom is 0.0637 e. The number of benzene rings is 1. The van der Waals surface area contributed by atoms with E-state index < -0.39 is 0 Å². The van der Waals surface area contributed by atoms with Crippen LogP contribution in [0.15, 0.2) is 22.7 Å². The predicted octanol–water partition coefficient (Wildman–Crippen LogP) is 4.06. The Morgan fingerprint density at radius 3 is 2.67 bits per heavy atom. The molecule has 0 spiro atoms. The van der Waals surface area contributed by atoms with Crippen LogP contribution in [0, 0.1) is 5.92 Å². The number of anilines is 1. The molecule has 0 amide bonds. The van der Waals surface area contributed by atoms with Crippen molar-refractivity contribution in [2.24, 2.45) is 5.92 Å². The van der Waals surface area contributed by atoms with Gasteiger partial charge >= 0.3 is 0 Å². The Bertz CT molecular complexity index is 410. The first-order chi connectivity index (χ1) is 10.1. The fourth-order valence-corrected chi connectivity index (χ4v) is 2.96. The smallest absolute Gasteiger partial charge is 0.0637 e. The highest BCUT2D eigenvalue weighted by atomic mass is 79.9. The normalized spacial score (nSPS) is 11.1. The Morgan fingerprint density at radius 1 is 1.33 bits per heavy atom. The first-order valence-corrected chi connectivity index (χ1v) is 8.60. The molecule has 0 aromatic heterocycles. The standard InChI is InChI=1S/C17H29BrN2O/c1-5-8-19-12-15-6-7-17(16(18)11-15)20(9-10-21-4)13-14(2)3/h6-7,11,14,19H,5,8-10,12-13H2,1-4H3. The van der Waals surface area contributed by atoms with Crippen molar-refractivity contribution < 1.29 is 4.74 Å². The number of rotatable bonds is 10. The van der Waals surface area contributed by atoms with Crippen molar-refractivity contribution in [1.82, 2.24) is 5.32 Å². The van der Waals surface area contributed by atoms with Gasteiger partial charge in [-0.15, -0.1) is 0 Å². The van der Waals surface area contributed by atoms with Gasteiger partial charge in [-0.1, -0.05) is 26.8 Å². The topological polar surface area (TPSA) is 24.5 Å². The number of nitrogens with one attached hydrogen (secondary N) is 1. The highest BCUT2D eigenvalue weighted by Crippen LogP contribution is 2.28. The van der Waals surface area contributed by atoms with Crippen LogP contribution in [0.3, 0.4) is 0 Å². The van der Waals surface area contributed by atoms with Gasteiger partial charge in [0.2, 0.25) is 0 Å². The van der Waals surface area contributed by atoms with Crippen molar-refractivity contribution in [3.8, 4) is 0 Å². The van der Waals surface area contributed by atoms with Crippen molar-refractivity contribution >= 4 is 21.6 Å². The molecule has 1 aromatic rings. The maximum absolute atomic E-state index is 5.24. The van der Waals surface area contributed by atoms with Gasteiger partial charge in [0.05, 0.1) is 12.3 Å². The van der Waals surface area contributed by atoms with E-state index in [-0.39, 0.29) is 0 Å². The molecule has 0 unspecified atom stereocenters. The summed E-state index contributed by atoms with van der Waals surface area (Å²) in [4.78, 5) is 2.39. The molecule has 0 fully saturated rings. The number of ether oxygens (including phenoxy) is 1. The lowest BCUT2D eigenvalue weighted by Crippen LogP contribution is -2.31. The molecule has 0 radical (unpaired) electrons. The summed E-state index contributed by atoms with van der Waals surface area (Å²) in [6, 6.07) is 6.64. The molecular weight excluding hydrogens is 328 g/mol. The van der Waals surface area contributed by atoms with Crippen LogP contribution >= 0.6 is 15.9 Å². The number of halogens is 1. The molecule has 1 N–H and O–H groups in total. The van der Waals surface area contributed by atoms with Gasteiger partial charge in [0, 0.05) is 31.2 Å². The van der Waals surface area contributed by atoms with E-state index >= 15 is 0 Å². The summed E-state index contributed by atoms with van der Waals surface area (Å²) in [5.74, 6) is 0.625. The van der Waals surface area contributed by atoms with Crippen molar-refractivity contribution in [3.63, 3.8) is 0 Å². The Kier molecular flexibility index (Phi) is 8.97. The second-order valence-corrected chi connectivity index (χ2v) is 6.65. The average molecular weight is 357 g/mol. The molecule has 1 rings (SSSR count). The van der Waals surface area contributed by atoms with Crippen molar-refractivity contribution in [2.75, 3.05) is 38.3 Å². The number of nitrogens with zero attached hydrogens (tertiary/aromatic N) is 1. The number of hydrogen-bond acceptors (Lipinski definition) is 3. The number of hydrogen-bond donors (Lipinski definition) is 1. The largest absolute Gasteiger partial charge is 0.383 e. The zero-order valence-corrected chi connectivity index (χ0v) is 15.4. The molecule has 0 aliphatic carbocycles. The van der Waals surface area contributed by atoms with Crippen LogP contribution < -0.4 is 10.2 Å². The molecule has 0 aliphatic heterocycles. The van der Waals surface area contributed by atoms with Gasteiger partial charge in [0.25, 0.3) is 0 Å². The Balaban J connectivity index is 2.78. The fraction of sp³-hybridized carbons (Fsp3) is 0.647. The Morgan fingerprint density at radius 2 is 2.10 bits per heavy atom. The van der Waals surface area contributed by atoms with Gasteiger partial charge in [-0.2, -0.15) is 0 Å². The van der Waals surface area contributed by atoms with Gasteiger partial charge in [-0.05, 0) is 52.5 Å². The van der Waals surface area contributed by atoms with E-state index in [1.807, 2.05) is 0 Å². The van der Waals surface area contributed by atoms with Crippen molar-refractivity contribution in [1.29, 1.82) is 0 Å². The minimum atomic E-state index is 0.625. The lowest BCUT2D eigenvalue weighted by atomic mass is 10.1. The molecule has 120 valence electrons. The molecule has 4 heteroatoms. The van der Waals surface area contributed by atoms with Gasteiger partial charge in [-0.25, -0.2) is 0 Å². The molecule has 0 atom stereocenters. The minimum absolute atomic E-state index is 0.625. The van der Waals surface area contributed by atoms with E-state index in [1.54, 1.807) is 7.11 Å². The summed E-state index contributed by atoms with van der Waals surface area (Å²) in [5.41, 5.74) is 2.57. The van der Waals surface area contributed by atoms with Crippen molar-refractivity contribution in [3.05, 3.63) is 28.2 Å². The Labute approximate surface area is 138 Å². The third kappa shape index (κ3) is 6.81. The van der Waals surface area contributed by atoms with Crippen LogP contribution in [-0.4, -0.2) is 33.4 Å². The molecule has 3 nitrogen and oxygen atoms in total. The SMILES string of the molecule is CCCNCc1ccc(N(CCOC)CC(C)C)c(Br)c1. The zero-order valence-electron chi connectivity index (χ0n) is 13.8. The quantitative estimate of drug-likeness (QED) is 0.639. The molecule has 0 saturated heterocycles. The second-order valence-electron chi connectivity index (χ2n) is 5.80. The van der Waals surface area contributed by atoms with Gasteiger partial charge in [0.15, 0.2) is 0 Å². The van der Waals surface area contributed by atoms with Gasteiger partial charge < -0.3 is 15.0 Å². The Hall–Kier alpha value is -0.580. The van der Waals surface area contributed by atoms with Crippen LogP contribution in [0.1, 0.15) is 32.8 Å². The fourth-order valence-electron chi connectivity index (χ4n) is 2.28. The van der Waals surface area contributed by atoms with E-state index in [0.717, 1.165) is 37.3 Å². The van der Waals surface area contributed by atoms with Crippen LogP contribution in [0.5, 0.6) is 0 Å². The summed E-state index contributed by atoms with van der Waals surface area (Å²) >= 11 is 3.73. The van der Waals surface area contributed by atoms with E-state index in [4.69, 9.17) is 4.74 Å². The zero-order chi connectivity index (χ0) is 15.7. The van der Waals surface area contributed by atoms with E-state index in [9.17, 15) is 0 Å². The van der Waals surface area contributed by atoms with Crippen LogP contribution in [0.2, 0.25) is 0 Å². The van der Waals surface area contributed by atoms with Crippen LogP contribution in [0.4, 0.5) is 5.69 Å². The third-order valence-corrected chi connectivity index (χ3v) is 3.89.